The van der Waals surface area contributed by atoms with Crippen molar-refractivity contribution in [3.8, 4) is 0 Å². The molecule has 0 unspecified atom stereocenters. The van der Waals surface area contributed by atoms with Crippen LogP contribution in [0, 0.1) is 6.92 Å². The maximum atomic E-state index is 12.3. The third kappa shape index (κ3) is 2.17. The van der Waals surface area contributed by atoms with Crippen molar-refractivity contribution in [3.05, 3.63) is 64.9 Å². The fourth-order valence-corrected chi connectivity index (χ4v) is 2.35. The van der Waals surface area contributed by atoms with Gasteiger partial charge in [-0.25, -0.2) is 0 Å². The predicted octanol–water partition coefficient (Wildman–Crippen LogP) is 4.65. The second-order valence-corrected chi connectivity index (χ2v) is 4.90. The predicted molar refractivity (Wildman–Crippen MR) is 80.4 cm³/mol. The second kappa shape index (κ2) is 5.02. The lowest BCUT2D eigenvalue weighted by Gasteiger charge is -2.02. The lowest BCUT2D eigenvalue weighted by atomic mass is 10.1. The van der Waals surface area contributed by atoms with E-state index < -0.39 is 0 Å². The first-order chi connectivity index (χ1) is 9.66. The summed E-state index contributed by atoms with van der Waals surface area (Å²) >= 11 is 6.08. The summed E-state index contributed by atoms with van der Waals surface area (Å²) in [6.07, 6.45) is 0. The molecule has 0 aliphatic rings. The number of carbonyl (C=O) groups excluding carboxylic acids is 1. The summed E-state index contributed by atoms with van der Waals surface area (Å²) in [7, 11) is 0. The Morgan fingerprint density at radius 2 is 1.85 bits per heavy atom. The molecule has 1 N–H and O–H groups in total. The molecule has 1 heterocycles. The van der Waals surface area contributed by atoms with Crippen LogP contribution in [0.2, 0.25) is 5.02 Å². The Hall–Kier alpha value is -2.26. The number of aryl methyl sites for hydroxylation is 1. The summed E-state index contributed by atoms with van der Waals surface area (Å²) < 4.78 is 5.62. The minimum Gasteiger partial charge on any atom is -0.449 e. The highest BCUT2D eigenvalue weighted by Crippen LogP contribution is 2.30. The molecule has 3 rings (SSSR count). The molecule has 4 heteroatoms. The van der Waals surface area contributed by atoms with E-state index in [9.17, 15) is 4.79 Å². The molecule has 0 saturated carbocycles. The average molecular weight is 286 g/mol. The molecule has 0 bridgehead atoms. The zero-order chi connectivity index (χ0) is 14.1. The third-order valence-corrected chi connectivity index (χ3v) is 3.45. The molecular formula is C16H12ClNO2. The molecule has 1 amide bonds. The molecule has 3 aromatic rings. The van der Waals surface area contributed by atoms with Gasteiger partial charge in [-0.1, -0.05) is 41.9 Å². The van der Waals surface area contributed by atoms with Crippen molar-refractivity contribution in [1.82, 2.24) is 0 Å². The van der Waals surface area contributed by atoms with Crippen molar-refractivity contribution in [2.24, 2.45) is 0 Å². The molecule has 0 atom stereocenters. The highest BCUT2D eigenvalue weighted by molar-refractivity contribution is 6.35. The van der Waals surface area contributed by atoms with Crippen LogP contribution in [-0.4, -0.2) is 5.91 Å². The minimum atomic E-state index is -0.277. The first-order valence-electron chi connectivity index (χ1n) is 6.21. The van der Waals surface area contributed by atoms with Crippen molar-refractivity contribution in [2.75, 3.05) is 5.32 Å². The lowest BCUT2D eigenvalue weighted by Crippen LogP contribution is -2.11. The van der Waals surface area contributed by atoms with E-state index in [1.807, 2.05) is 49.4 Å². The quantitative estimate of drug-likeness (QED) is 0.745. The van der Waals surface area contributed by atoms with Crippen LogP contribution >= 0.6 is 11.6 Å². The van der Waals surface area contributed by atoms with Gasteiger partial charge in [0.2, 0.25) is 0 Å². The summed E-state index contributed by atoms with van der Waals surface area (Å²) in [6.45, 7) is 1.85. The van der Waals surface area contributed by atoms with Gasteiger partial charge in [-0.3, -0.25) is 4.79 Å². The van der Waals surface area contributed by atoms with Gasteiger partial charge in [-0.2, -0.15) is 0 Å². The summed E-state index contributed by atoms with van der Waals surface area (Å²) in [5, 5.41) is 4.16. The maximum Gasteiger partial charge on any atom is 0.291 e. The van der Waals surface area contributed by atoms with Crippen LogP contribution in [0.15, 0.2) is 52.9 Å². The number of rotatable bonds is 2. The summed E-state index contributed by atoms with van der Waals surface area (Å²) in [5.41, 5.74) is 2.06. The zero-order valence-corrected chi connectivity index (χ0v) is 11.6. The van der Waals surface area contributed by atoms with Crippen LogP contribution in [-0.2, 0) is 0 Å². The lowest BCUT2D eigenvalue weighted by molar-refractivity contribution is 0.0998. The van der Waals surface area contributed by atoms with Gasteiger partial charge in [0.1, 0.15) is 0 Å². The number of fused-ring (bicyclic) bond motifs is 1. The van der Waals surface area contributed by atoms with Crippen molar-refractivity contribution in [1.29, 1.82) is 0 Å². The van der Waals surface area contributed by atoms with Crippen LogP contribution in [0.5, 0.6) is 0 Å². The standard InChI is InChI=1S/C16H12ClNO2/c1-10-12-8-5-9-13(17)15(12)20-14(10)16(19)18-11-6-3-2-4-7-11/h2-9H,1H3,(H,18,19). The van der Waals surface area contributed by atoms with Crippen molar-refractivity contribution < 1.29 is 9.21 Å². The molecule has 1 aromatic heterocycles. The number of nitrogens with one attached hydrogen (secondary N) is 1. The fourth-order valence-electron chi connectivity index (χ4n) is 2.13. The number of para-hydroxylation sites is 2. The van der Waals surface area contributed by atoms with Gasteiger partial charge >= 0.3 is 0 Å². The van der Waals surface area contributed by atoms with Crippen molar-refractivity contribution in [3.63, 3.8) is 0 Å². The average Bonchev–Trinajstić information content (AvgIpc) is 2.79. The highest BCUT2D eigenvalue weighted by Gasteiger charge is 2.18. The minimum absolute atomic E-state index is 0.277. The molecule has 0 radical (unpaired) electrons. The summed E-state index contributed by atoms with van der Waals surface area (Å²) in [6, 6.07) is 14.7. The van der Waals surface area contributed by atoms with E-state index in [2.05, 4.69) is 5.32 Å². The Morgan fingerprint density at radius 3 is 2.55 bits per heavy atom. The molecule has 0 aliphatic carbocycles. The summed E-state index contributed by atoms with van der Waals surface area (Å²) in [4.78, 5) is 12.3. The Morgan fingerprint density at radius 1 is 1.10 bits per heavy atom. The highest BCUT2D eigenvalue weighted by atomic mass is 35.5. The molecule has 0 fully saturated rings. The first kappa shape index (κ1) is 12.8. The van der Waals surface area contributed by atoms with Crippen molar-refractivity contribution >= 4 is 34.2 Å². The van der Waals surface area contributed by atoms with E-state index in [4.69, 9.17) is 16.0 Å². The second-order valence-electron chi connectivity index (χ2n) is 4.49. The first-order valence-corrected chi connectivity index (χ1v) is 6.58. The van der Waals surface area contributed by atoms with E-state index in [-0.39, 0.29) is 11.7 Å². The third-order valence-electron chi connectivity index (χ3n) is 3.15. The smallest absolute Gasteiger partial charge is 0.291 e. The van der Waals surface area contributed by atoms with Crippen molar-refractivity contribution in [2.45, 2.75) is 6.92 Å². The number of hydrogen-bond donors (Lipinski definition) is 1. The monoisotopic (exact) mass is 285 g/mol. The Bertz CT molecular complexity index is 778. The van der Waals surface area contributed by atoms with Crippen LogP contribution in [0.1, 0.15) is 16.1 Å². The molecule has 2 aromatic carbocycles. The number of furan rings is 1. The van der Waals surface area contributed by atoms with Gasteiger partial charge < -0.3 is 9.73 Å². The Kier molecular flexibility index (Phi) is 3.20. The van der Waals surface area contributed by atoms with E-state index in [0.29, 0.717) is 10.6 Å². The van der Waals surface area contributed by atoms with Crippen LogP contribution in [0.4, 0.5) is 5.69 Å². The Balaban J connectivity index is 2.00. The molecule has 0 aliphatic heterocycles. The SMILES string of the molecule is Cc1c(C(=O)Nc2ccccc2)oc2c(Cl)cccc12. The molecule has 20 heavy (non-hydrogen) atoms. The van der Waals surface area contributed by atoms with E-state index in [1.165, 1.54) is 0 Å². The number of halogens is 1. The number of hydrogen-bond acceptors (Lipinski definition) is 2. The largest absolute Gasteiger partial charge is 0.449 e. The van der Waals surface area contributed by atoms with Gasteiger partial charge in [0.05, 0.1) is 5.02 Å². The van der Waals surface area contributed by atoms with Crippen LogP contribution in [0.25, 0.3) is 11.0 Å². The van der Waals surface area contributed by atoms with Gasteiger partial charge in [0.25, 0.3) is 5.91 Å². The number of amides is 1. The maximum absolute atomic E-state index is 12.3. The zero-order valence-electron chi connectivity index (χ0n) is 10.8. The van der Waals surface area contributed by atoms with E-state index in [1.54, 1.807) is 6.07 Å². The topological polar surface area (TPSA) is 42.2 Å². The molecule has 3 nitrogen and oxygen atoms in total. The van der Waals surface area contributed by atoms with Crippen LogP contribution < -0.4 is 5.32 Å². The summed E-state index contributed by atoms with van der Waals surface area (Å²) in [5.74, 6) is 0.0120. The van der Waals surface area contributed by atoms with E-state index >= 15 is 0 Å². The number of benzene rings is 2. The van der Waals surface area contributed by atoms with Gasteiger partial charge in [0, 0.05) is 16.6 Å². The van der Waals surface area contributed by atoms with Gasteiger partial charge in [-0.05, 0) is 25.1 Å². The van der Waals surface area contributed by atoms with Gasteiger partial charge in [-0.15, -0.1) is 0 Å². The molecule has 100 valence electrons. The molecule has 0 spiro atoms. The van der Waals surface area contributed by atoms with Gasteiger partial charge in [0.15, 0.2) is 11.3 Å². The normalized spacial score (nSPS) is 10.7. The van der Waals surface area contributed by atoms with Crippen LogP contribution in [0.3, 0.4) is 0 Å². The molecular weight excluding hydrogens is 274 g/mol. The number of carbonyl (C=O) groups is 1. The Labute approximate surface area is 121 Å². The molecule has 0 saturated heterocycles. The number of anilines is 1. The van der Waals surface area contributed by atoms with E-state index in [0.717, 1.165) is 16.6 Å². The fraction of sp³-hybridized carbons (Fsp3) is 0.0625.